The molecule has 1 atom stereocenters. The first-order valence-corrected chi connectivity index (χ1v) is 10.7. The number of carbonyl (C=O) groups excluding carboxylic acids is 4. The van der Waals surface area contributed by atoms with Gasteiger partial charge in [-0.3, -0.25) is 24.1 Å². The Kier molecular flexibility index (Phi) is 6.31. The molecule has 0 fully saturated rings. The highest BCUT2D eigenvalue weighted by Crippen LogP contribution is 2.32. The molecular formula is C25H17Cl2NO5. The number of hydrogen-bond donors (Lipinski definition) is 0. The van der Waals surface area contributed by atoms with Crippen LogP contribution in [0.4, 0.5) is 0 Å². The molecule has 0 N–H and O–H groups in total. The monoisotopic (exact) mass is 481 g/mol. The van der Waals surface area contributed by atoms with Crippen LogP contribution in [0.5, 0.6) is 0 Å². The lowest BCUT2D eigenvalue weighted by Crippen LogP contribution is -2.36. The van der Waals surface area contributed by atoms with Crippen LogP contribution >= 0.6 is 23.2 Å². The number of benzene rings is 3. The van der Waals surface area contributed by atoms with Gasteiger partial charge in [0.15, 0.2) is 6.10 Å². The van der Waals surface area contributed by atoms with E-state index >= 15 is 0 Å². The largest absolute Gasteiger partial charge is 0.448 e. The van der Waals surface area contributed by atoms with Gasteiger partial charge in [-0.25, -0.2) is 0 Å². The minimum absolute atomic E-state index is 0.0533. The molecule has 0 aliphatic carbocycles. The average Bonchev–Trinajstić information content (AvgIpc) is 3.02. The van der Waals surface area contributed by atoms with Crippen LogP contribution in [0, 0.1) is 6.92 Å². The third-order valence-electron chi connectivity index (χ3n) is 5.22. The predicted molar refractivity (Wildman–Crippen MR) is 123 cm³/mol. The van der Waals surface area contributed by atoms with Gasteiger partial charge in [0.2, 0.25) is 5.78 Å². The van der Waals surface area contributed by atoms with Gasteiger partial charge in [-0.2, -0.15) is 0 Å². The Bertz CT molecular complexity index is 1230. The third-order valence-corrected chi connectivity index (χ3v) is 5.95. The van der Waals surface area contributed by atoms with Gasteiger partial charge < -0.3 is 4.74 Å². The summed E-state index contributed by atoms with van der Waals surface area (Å²) in [6, 6.07) is 18.0. The van der Waals surface area contributed by atoms with Crippen molar-refractivity contribution in [2.75, 3.05) is 6.54 Å². The van der Waals surface area contributed by atoms with E-state index in [0.29, 0.717) is 11.1 Å². The van der Waals surface area contributed by atoms with E-state index in [1.807, 2.05) is 6.92 Å². The second-order valence-corrected chi connectivity index (χ2v) is 8.33. The molecule has 3 aromatic rings. The maximum absolute atomic E-state index is 13.2. The Labute approximate surface area is 199 Å². The molecule has 0 bridgehead atoms. The van der Waals surface area contributed by atoms with Crippen molar-refractivity contribution in [3.05, 3.63) is 105 Å². The van der Waals surface area contributed by atoms with Gasteiger partial charge >= 0.3 is 5.97 Å². The number of ketones is 1. The lowest BCUT2D eigenvalue weighted by atomic mass is 9.99. The van der Waals surface area contributed by atoms with E-state index in [1.54, 1.807) is 54.6 Å². The molecule has 0 unspecified atom stereocenters. The molecule has 166 valence electrons. The van der Waals surface area contributed by atoms with Gasteiger partial charge in [0.25, 0.3) is 11.8 Å². The van der Waals surface area contributed by atoms with Crippen LogP contribution < -0.4 is 0 Å². The molecule has 2 amide bonds. The SMILES string of the molecule is Cc1ccc(C(=O)[C@H](OC(=O)CN2C(=O)c3cc(Cl)c(Cl)cc3C2=O)c2ccccc2)cc1. The summed E-state index contributed by atoms with van der Waals surface area (Å²) in [5.74, 6) is -2.70. The maximum Gasteiger partial charge on any atom is 0.327 e. The minimum atomic E-state index is -1.24. The van der Waals surface area contributed by atoms with E-state index in [9.17, 15) is 19.2 Å². The van der Waals surface area contributed by atoms with Gasteiger partial charge in [-0.15, -0.1) is 0 Å². The van der Waals surface area contributed by atoms with E-state index in [4.69, 9.17) is 27.9 Å². The molecule has 0 saturated carbocycles. The van der Waals surface area contributed by atoms with Crippen molar-refractivity contribution in [1.29, 1.82) is 0 Å². The van der Waals surface area contributed by atoms with Crippen molar-refractivity contribution < 1.29 is 23.9 Å². The first kappa shape index (κ1) is 22.7. The number of halogens is 2. The van der Waals surface area contributed by atoms with E-state index < -0.39 is 36.2 Å². The van der Waals surface area contributed by atoms with Gasteiger partial charge in [0, 0.05) is 11.1 Å². The Morgan fingerprint density at radius 2 is 1.42 bits per heavy atom. The van der Waals surface area contributed by atoms with Crippen LogP contribution in [0.25, 0.3) is 0 Å². The van der Waals surface area contributed by atoms with Gasteiger partial charge in [-0.1, -0.05) is 83.4 Å². The maximum atomic E-state index is 13.2. The second kappa shape index (κ2) is 9.17. The molecule has 33 heavy (non-hydrogen) atoms. The van der Waals surface area contributed by atoms with Crippen molar-refractivity contribution in [3.63, 3.8) is 0 Å². The van der Waals surface area contributed by atoms with Crippen LogP contribution in [-0.2, 0) is 9.53 Å². The van der Waals surface area contributed by atoms with E-state index in [2.05, 4.69) is 0 Å². The number of imide groups is 1. The standard InChI is InChI=1S/C25H17Cl2NO5/c1-14-7-9-15(10-8-14)22(30)23(16-5-3-2-4-6-16)33-21(29)13-28-24(31)17-11-19(26)20(27)12-18(17)25(28)32/h2-12,23H,13H2,1H3/t23-/m1/s1. The fourth-order valence-corrected chi connectivity index (χ4v) is 3.82. The summed E-state index contributed by atoms with van der Waals surface area (Å²) in [4.78, 5) is 52.0. The summed E-state index contributed by atoms with van der Waals surface area (Å²) < 4.78 is 5.50. The summed E-state index contributed by atoms with van der Waals surface area (Å²) in [5, 5.41) is 0.239. The second-order valence-electron chi connectivity index (χ2n) is 7.52. The van der Waals surface area contributed by atoms with Crippen molar-refractivity contribution in [2.24, 2.45) is 0 Å². The molecule has 0 spiro atoms. The van der Waals surface area contributed by atoms with Crippen molar-refractivity contribution in [3.8, 4) is 0 Å². The number of aryl methyl sites for hydroxylation is 1. The van der Waals surface area contributed by atoms with E-state index in [1.165, 1.54) is 12.1 Å². The summed E-state index contributed by atoms with van der Waals surface area (Å²) in [5.41, 5.74) is 1.92. The third kappa shape index (κ3) is 4.53. The summed E-state index contributed by atoms with van der Waals surface area (Å²) in [6.45, 7) is 1.23. The molecule has 1 aliphatic heterocycles. The zero-order chi connectivity index (χ0) is 23.7. The fourth-order valence-electron chi connectivity index (χ4n) is 3.50. The van der Waals surface area contributed by atoms with E-state index in [-0.39, 0.29) is 21.2 Å². The van der Waals surface area contributed by atoms with Gasteiger partial charge in [0.1, 0.15) is 6.54 Å². The lowest BCUT2D eigenvalue weighted by Gasteiger charge is -2.19. The molecule has 4 rings (SSSR count). The molecule has 3 aromatic carbocycles. The molecule has 1 aliphatic rings. The highest BCUT2D eigenvalue weighted by atomic mass is 35.5. The number of carbonyl (C=O) groups is 4. The lowest BCUT2D eigenvalue weighted by molar-refractivity contribution is -0.147. The number of amides is 2. The molecule has 8 heteroatoms. The number of rotatable bonds is 6. The minimum Gasteiger partial charge on any atom is -0.448 e. The van der Waals surface area contributed by atoms with Crippen LogP contribution in [0.2, 0.25) is 10.0 Å². The van der Waals surface area contributed by atoms with Crippen LogP contribution in [0.15, 0.2) is 66.7 Å². The average molecular weight is 482 g/mol. The number of hydrogen-bond acceptors (Lipinski definition) is 5. The number of ether oxygens (including phenoxy) is 1. The molecule has 0 aromatic heterocycles. The Balaban J connectivity index is 1.56. The van der Waals surface area contributed by atoms with Crippen LogP contribution in [-0.4, -0.2) is 35.0 Å². The Hall–Kier alpha value is -3.48. The smallest absolute Gasteiger partial charge is 0.327 e. The summed E-state index contributed by atoms with van der Waals surface area (Å²) in [6.07, 6.45) is -1.24. The molecule has 6 nitrogen and oxygen atoms in total. The van der Waals surface area contributed by atoms with E-state index in [0.717, 1.165) is 10.5 Å². The zero-order valence-corrected chi connectivity index (χ0v) is 18.9. The molecule has 0 radical (unpaired) electrons. The van der Waals surface area contributed by atoms with Gasteiger partial charge in [-0.05, 0) is 19.1 Å². The molecular weight excluding hydrogens is 465 g/mol. The number of esters is 1. The highest BCUT2D eigenvalue weighted by molar-refractivity contribution is 6.43. The quantitative estimate of drug-likeness (QED) is 0.279. The van der Waals surface area contributed by atoms with Crippen molar-refractivity contribution in [2.45, 2.75) is 13.0 Å². The number of nitrogens with zero attached hydrogens (tertiary/aromatic N) is 1. The van der Waals surface area contributed by atoms with Crippen molar-refractivity contribution in [1.82, 2.24) is 4.90 Å². The normalized spacial score (nSPS) is 13.6. The predicted octanol–water partition coefficient (Wildman–Crippen LogP) is 5.07. The number of Topliss-reactive ketones (excluding diaryl/α,β-unsaturated/α-hetero) is 1. The fraction of sp³-hybridized carbons (Fsp3) is 0.120. The molecule has 1 heterocycles. The first-order chi connectivity index (χ1) is 15.8. The van der Waals surface area contributed by atoms with Crippen molar-refractivity contribution >= 4 is 46.8 Å². The molecule has 0 saturated heterocycles. The highest BCUT2D eigenvalue weighted by Gasteiger charge is 2.38. The Morgan fingerprint density at radius 1 is 0.879 bits per heavy atom. The van der Waals surface area contributed by atoms with Crippen LogP contribution in [0.3, 0.4) is 0 Å². The number of fused-ring (bicyclic) bond motifs is 1. The van der Waals surface area contributed by atoms with Crippen LogP contribution in [0.1, 0.15) is 48.3 Å². The van der Waals surface area contributed by atoms with Gasteiger partial charge in [0.05, 0.1) is 21.2 Å². The zero-order valence-electron chi connectivity index (χ0n) is 17.4. The topological polar surface area (TPSA) is 80.8 Å². The summed E-state index contributed by atoms with van der Waals surface area (Å²) >= 11 is 11.9. The first-order valence-electron chi connectivity index (χ1n) is 9.97. The Morgan fingerprint density at radius 3 is 1.97 bits per heavy atom. The summed E-state index contributed by atoms with van der Waals surface area (Å²) in [7, 11) is 0.